The van der Waals surface area contributed by atoms with Crippen LogP contribution in [0.4, 0.5) is 0 Å². The largest absolute Gasteiger partial charge is 0.460 e. The van der Waals surface area contributed by atoms with Gasteiger partial charge in [-0.15, -0.1) is 11.3 Å². The average Bonchev–Trinajstić information content (AvgIpc) is 3.13. The number of carbonyl (C=O) groups excluding carboxylic acids is 2. The van der Waals surface area contributed by atoms with Crippen LogP contribution in [0.15, 0.2) is 54.6 Å². The van der Waals surface area contributed by atoms with E-state index in [4.69, 9.17) is 4.74 Å². The predicted octanol–water partition coefficient (Wildman–Crippen LogP) is 4.33. The average molecular weight is 409 g/mol. The Morgan fingerprint density at radius 3 is 2.48 bits per heavy atom. The van der Waals surface area contributed by atoms with Crippen molar-refractivity contribution < 1.29 is 14.3 Å². The maximum absolute atomic E-state index is 12.3. The number of hydrogen-bond donors (Lipinski definition) is 1. The number of hydrogen-bond acceptors (Lipinski definition) is 5. The van der Waals surface area contributed by atoms with Crippen LogP contribution in [0.3, 0.4) is 0 Å². The Hall–Kier alpha value is -2.99. The molecule has 3 aromatic rings. The number of nitrogens with one attached hydrogen (secondary N) is 1. The topological polar surface area (TPSA) is 68.3 Å². The molecule has 0 unspecified atom stereocenters. The van der Waals surface area contributed by atoms with Gasteiger partial charge in [0, 0.05) is 12.0 Å². The number of amides is 1. The molecule has 0 saturated heterocycles. The molecule has 0 fully saturated rings. The summed E-state index contributed by atoms with van der Waals surface area (Å²) in [4.78, 5) is 29.2. The molecule has 150 valence electrons. The molecular weight excluding hydrogens is 384 g/mol. The summed E-state index contributed by atoms with van der Waals surface area (Å²) in [5.74, 6) is -0.460. The number of aryl methyl sites for hydroxylation is 3. The molecule has 0 aliphatic carbocycles. The Balaban J connectivity index is 1.41. The maximum Gasteiger partial charge on any atom is 0.350 e. The molecule has 2 aromatic carbocycles. The van der Waals surface area contributed by atoms with Crippen molar-refractivity contribution in [2.24, 2.45) is 0 Å². The molecule has 0 aliphatic rings. The lowest BCUT2D eigenvalue weighted by Crippen LogP contribution is -2.28. The second kappa shape index (κ2) is 9.98. The van der Waals surface area contributed by atoms with Gasteiger partial charge in [-0.2, -0.15) is 0 Å². The summed E-state index contributed by atoms with van der Waals surface area (Å²) in [7, 11) is 0. The number of benzene rings is 2. The van der Waals surface area contributed by atoms with Crippen molar-refractivity contribution in [1.29, 1.82) is 0 Å². The van der Waals surface area contributed by atoms with Crippen LogP contribution < -0.4 is 5.32 Å². The molecule has 29 heavy (non-hydrogen) atoms. The van der Waals surface area contributed by atoms with Gasteiger partial charge in [0.15, 0.2) is 0 Å². The first-order chi connectivity index (χ1) is 14.0. The highest BCUT2D eigenvalue weighted by Gasteiger charge is 2.17. The van der Waals surface area contributed by atoms with Crippen LogP contribution in [0.1, 0.15) is 32.9 Å². The number of aromatic nitrogens is 1. The molecule has 0 bridgehead atoms. The molecule has 3 rings (SSSR count). The van der Waals surface area contributed by atoms with Crippen LogP contribution >= 0.6 is 11.3 Å². The highest BCUT2D eigenvalue weighted by molar-refractivity contribution is 7.17. The van der Waals surface area contributed by atoms with Crippen molar-refractivity contribution in [3.8, 4) is 10.6 Å². The van der Waals surface area contributed by atoms with Gasteiger partial charge in [0.2, 0.25) is 5.91 Å². The smallest absolute Gasteiger partial charge is 0.350 e. The second-order valence-corrected chi connectivity index (χ2v) is 7.77. The van der Waals surface area contributed by atoms with Crippen LogP contribution in [0.25, 0.3) is 10.6 Å². The first-order valence-corrected chi connectivity index (χ1v) is 10.4. The molecular formula is C23H24N2O3S. The monoisotopic (exact) mass is 408 g/mol. The maximum atomic E-state index is 12.3. The second-order valence-electron chi connectivity index (χ2n) is 6.77. The Kier molecular flexibility index (Phi) is 7.14. The Labute approximate surface area is 174 Å². The summed E-state index contributed by atoms with van der Waals surface area (Å²) in [6.45, 7) is 4.26. The van der Waals surface area contributed by atoms with Crippen molar-refractivity contribution in [3.05, 3.63) is 76.3 Å². The van der Waals surface area contributed by atoms with Gasteiger partial charge in [0.25, 0.3) is 0 Å². The highest BCUT2D eigenvalue weighted by atomic mass is 32.1. The van der Waals surface area contributed by atoms with Gasteiger partial charge in [-0.25, -0.2) is 9.78 Å². The van der Waals surface area contributed by atoms with E-state index in [1.165, 1.54) is 16.9 Å². The predicted molar refractivity (Wildman–Crippen MR) is 115 cm³/mol. The number of rotatable bonds is 8. The van der Waals surface area contributed by atoms with E-state index in [1.807, 2.05) is 61.5 Å². The normalized spacial score (nSPS) is 10.6. The molecule has 6 heteroatoms. The molecule has 0 aliphatic heterocycles. The van der Waals surface area contributed by atoms with Crippen LogP contribution in [-0.4, -0.2) is 30.0 Å². The zero-order valence-corrected chi connectivity index (χ0v) is 17.4. The highest BCUT2D eigenvalue weighted by Crippen LogP contribution is 2.28. The molecule has 1 amide bonds. The van der Waals surface area contributed by atoms with Crippen LogP contribution in [-0.2, 0) is 16.0 Å². The fourth-order valence-corrected chi connectivity index (χ4v) is 3.76. The fraction of sp³-hybridized carbons (Fsp3) is 0.261. The van der Waals surface area contributed by atoms with Crippen molar-refractivity contribution in [3.63, 3.8) is 0 Å². The fourth-order valence-electron chi connectivity index (χ4n) is 2.79. The first kappa shape index (κ1) is 20.7. The van der Waals surface area contributed by atoms with Gasteiger partial charge in [-0.1, -0.05) is 60.2 Å². The lowest BCUT2D eigenvalue weighted by molar-refractivity contribution is -0.121. The minimum Gasteiger partial charge on any atom is -0.460 e. The van der Waals surface area contributed by atoms with Gasteiger partial charge in [0.05, 0.1) is 12.2 Å². The molecule has 1 N–H and O–H groups in total. The van der Waals surface area contributed by atoms with E-state index in [9.17, 15) is 9.59 Å². The Bertz CT molecular complexity index is 966. The Morgan fingerprint density at radius 1 is 1.03 bits per heavy atom. The molecule has 0 atom stereocenters. The Morgan fingerprint density at radius 2 is 1.76 bits per heavy atom. The number of nitrogens with zero attached hydrogens (tertiary/aromatic N) is 1. The van der Waals surface area contributed by atoms with Crippen LogP contribution in [0.5, 0.6) is 0 Å². The van der Waals surface area contributed by atoms with Gasteiger partial charge >= 0.3 is 5.97 Å². The third-order valence-corrected chi connectivity index (χ3v) is 5.61. The van der Waals surface area contributed by atoms with Gasteiger partial charge in [-0.05, 0) is 25.8 Å². The molecule has 0 saturated carbocycles. The van der Waals surface area contributed by atoms with Crippen molar-refractivity contribution in [2.75, 3.05) is 13.2 Å². The molecule has 0 spiro atoms. The van der Waals surface area contributed by atoms with Crippen molar-refractivity contribution in [2.45, 2.75) is 26.7 Å². The molecule has 5 nitrogen and oxygen atoms in total. The lowest BCUT2D eigenvalue weighted by atomic mass is 10.1. The van der Waals surface area contributed by atoms with Crippen molar-refractivity contribution in [1.82, 2.24) is 10.3 Å². The van der Waals surface area contributed by atoms with Crippen LogP contribution in [0, 0.1) is 13.8 Å². The minimum absolute atomic E-state index is 0.0537. The summed E-state index contributed by atoms with van der Waals surface area (Å²) < 4.78 is 5.30. The van der Waals surface area contributed by atoms with E-state index in [0.717, 1.165) is 16.1 Å². The zero-order valence-electron chi connectivity index (χ0n) is 16.6. The van der Waals surface area contributed by atoms with Crippen molar-refractivity contribution >= 4 is 23.2 Å². The van der Waals surface area contributed by atoms with E-state index in [0.29, 0.717) is 30.0 Å². The first-order valence-electron chi connectivity index (χ1n) is 9.55. The quantitative estimate of drug-likeness (QED) is 0.445. The van der Waals surface area contributed by atoms with E-state index >= 15 is 0 Å². The molecule has 1 aromatic heterocycles. The summed E-state index contributed by atoms with van der Waals surface area (Å²) in [6.07, 6.45) is 1.10. The summed E-state index contributed by atoms with van der Waals surface area (Å²) >= 11 is 1.32. The molecule has 1 heterocycles. The number of carbonyl (C=O) groups is 2. The zero-order chi connectivity index (χ0) is 20.6. The molecule has 0 radical (unpaired) electrons. The minimum atomic E-state index is -0.406. The summed E-state index contributed by atoms with van der Waals surface area (Å²) in [5, 5.41) is 3.58. The van der Waals surface area contributed by atoms with Crippen LogP contribution in [0.2, 0.25) is 0 Å². The third kappa shape index (κ3) is 5.99. The number of ether oxygens (including phenoxy) is 1. The van der Waals surface area contributed by atoms with E-state index in [1.54, 1.807) is 6.92 Å². The van der Waals surface area contributed by atoms with E-state index in [2.05, 4.69) is 10.3 Å². The standard InChI is InChI=1S/C23H24N2O3S/c1-16-8-10-18(11-9-16)12-13-20(26)24-14-15-28-23(27)21-17(2)25-22(29-21)19-6-4-3-5-7-19/h3-11H,12-15H2,1-2H3,(H,24,26). The number of esters is 1. The van der Waals surface area contributed by atoms with Gasteiger partial charge in [0.1, 0.15) is 16.5 Å². The number of thiazole rings is 1. The summed E-state index contributed by atoms with van der Waals surface area (Å²) in [6, 6.07) is 17.9. The van der Waals surface area contributed by atoms with E-state index in [-0.39, 0.29) is 12.5 Å². The van der Waals surface area contributed by atoms with E-state index < -0.39 is 5.97 Å². The lowest BCUT2D eigenvalue weighted by Gasteiger charge is -2.06. The van der Waals surface area contributed by atoms with Gasteiger partial charge in [-0.3, -0.25) is 4.79 Å². The summed E-state index contributed by atoms with van der Waals surface area (Å²) in [5.41, 5.74) is 3.96. The van der Waals surface area contributed by atoms with Gasteiger partial charge < -0.3 is 10.1 Å². The SMILES string of the molecule is Cc1ccc(CCC(=O)NCCOC(=O)c2sc(-c3ccccc3)nc2C)cc1. The third-order valence-electron chi connectivity index (χ3n) is 4.42.